The molecule has 2 heterocycles. The topological polar surface area (TPSA) is 47.8 Å². The SMILES string of the molecule is CCCc1nn(C)c2c1[nH]c(=S)n2-c1cccc(OC)c1. The summed E-state index contributed by atoms with van der Waals surface area (Å²) in [6, 6.07) is 7.86. The summed E-state index contributed by atoms with van der Waals surface area (Å²) in [6.07, 6.45) is 1.99. The monoisotopic (exact) mass is 302 g/mol. The van der Waals surface area contributed by atoms with Gasteiger partial charge >= 0.3 is 0 Å². The number of nitrogens with zero attached hydrogens (tertiary/aromatic N) is 3. The molecule has 0 aliphatic heterocycles. The van der Waals surface area contributed by atoms with Crippen LogP contribution >= 0.6 is 12.2 Å². The molecule has 0 saturated heterocycles. The number of ether oxygens (including phenoxy) is 1. The van der Waals surface area contributed by atoms with Gasteiger partial charge in [-0.1, -0.05) is 19.4 Å². The normalized spacial score (nSPS) is 11.2. The van der Waals surface area contributed by atoms with Crippen LogP contribution in [0.25, 0.3) is 16.9 Å². The molecule has 3 aromatic rings. The van der Waals surface area contributed by atoms with Crippen molar-refractivity contribution in [1.29, 1.82) is 0 Å². The Hall–Kier alpha value is -2.08. The average molecular weight is 302 g/mol. The third kappa shape index (κ3) is 2.25. The zero-order valence-corrected chi connectivity index (χ0v) is 13.2. The van der Waals surface area contributed by atoms with E-state index in [9.17, 15) is 0 Å². The van der Waals surface area contributed by atoms with Gasteiger partial charge in [-0.25, -0.2) is 4.68 Å². The number of fused-ring (bicyclic) bond motifs is 1. The Morgan fingerprint density at radius 2 is 2.19 bits per heavy atom. The van der Waals surface area contributed by atoms with Gasteiger partial charge in [0.15, 0.2) is 10.4 Å². The zero-order chi connectivity index (χ0) is 15.0. The van der Waals surface area contributed by atoms with Crippen molar-refractivity contribution in [3.63, 3.8) is 0 Å². The summed E-state index contributed by atoms with van der Waals surface area (Å²) in [5, 5.41) is 4.60. The van der Waals surface area contributed by atoms with E-state index in [0.29, 0.717) is 4.77 Å². The fourth-order valence-corrected chi connectivity index (χ4v) is 2.91. The quantitative estimate of drug-likeness (QED) is 0.752. The minimum atomic E-state index is 0.670. The van der Waals surface area contributed by atoms with E-state index in [1.165, 1.54) is 0 Å². The lowest BCUT2D eigenvalue weighted by Crippen LogP contribution is -2.01. The van der Waals surface area contributed by atoms with Crippen LogP contribution in [0, 0.1) is 4.77 Å². The maximum Gasteiger partial charge on any atom is 0.184 e. The lowest BCUT2D eigenvalue weighted by molar-refractivity contribution is 0.414. The molecule has 1 aromatic carbocycles. The summed E-state index contributed by atoms with van der Waals surface area (Å²) in [5.74, 6) is 0.805. The summed E-state index contributed by atoms with van der Waals surface area (Å²) >= 11 is 5.50. The van der Waals surface area contributed by atoms with Crippen molar-refractivity contribution >= 4 is 23.4 Å². The van der Waals surface area contributed by atoms with Gasteiger partial charge in [0, 0.05) is 13.1 Å². The Kier molecular flexibility index (Phi) is 3.55. The maximum absolute atomic E-state index is 5.50. The van der Waals surface area contributed by atoms with Crippen molar-refractivity contribution in [2.75, 3.05) is 7.11 Å². The van der Waals surface area contributed by atoms with Crippen molar-refractivity contribution in [2.24, 2.45) is 7.05 Å². The number of aromatic nitrogens is 4. The van der Waals surface area contributed by atoms with Crippen LogP contribution in [0.15, 0.2) is 24.3 Å². The van der Waals surface area contributed by atoms with Crippen molar-refractivity contribution in [2.45, 2.75) is 19.8 Å². The number of aromatic amines is 1. The van der Waals surface area contributed by atoms with E-state index in [1.54, 1.807) is 7.11 Å². The highest BCUT2D eigenvalue weighted by Gasteiger charge is 2.16. The van der Waals surface area contributed by atoms with Gasteiger partial charge in [-0.15, -0.1) is 0 Å². The molecule has 0 aliphatic rings. The molecule has 0 atom stereocenters. The number of methoxy groups -OCH3 is 1. The minimum absolute atomic E-state index is 0.670. The van der Waals surface area contributed by atoms with Gasteiger partial charge in [0.2, 0.25) is 0 Å². The van der Waals surface area contributed by atoms with Gasteiger partial charge in [-0.3, -0.25) is 4.57 Å². The molecule has 0 aliphatic carbocycles. The average Bonchev–Trinajstić information content (AvgIpc) is 2.97. The third-order valence-corrected chi connectivity index (χ3v) is 3.82. The Morgan fingerprint density at radius 3 is 2.90 bits per heavy atom. The second-order valence-electron chi connectivity index (χ2n) is 4.99. The predicted octanol–water partition coefficient (Wildman–Crippen LogP) is 3.38. The van der Waals surface area contributed by atoms with Crippen molar-refractivity contribution in [3.05, 3.63) is 34.7 Å². The third-order valence-electron chi connectivity index (χ3n) is 3.53. The van der Waals surface area contributed by atoms with Crippen molar-refractivity contribution in [1.82, 2.24) is 19.3 Å². The first-order chi connectivity index (χ1) is 10.2. The number of benzene rings is 1. The van der Waals surface area contributed by atoms with E-state index < -0.39 is 0 Å². The number of hydrogen-bond acceptors (Lipinski definition) is 3. The van der Waals surface area contributed by atoms with Gasteiger partial charge in [-0.2, -0.15) is 5.10 Å². The lowest BCUT2D eigenvalue weighted by Gasteiger charge is -2.06. The Labute approximate surface area is 128 Å². The molecule has 1 N–H and O–H groups in total. The number of aryl methyl sites for hydroxylation is 2. The molecule has 0 saturated carbocycles. The summed E-state index contributed by atoms with van der Waals surface area (Å²) in [5.41, 5.74) is 4.03. The van der Waals surface area contributed by atoms with Crippen LogP contribution in [0.4, 0.5) is 0 Å². The summed E-state index contributed by atoms with van der Waals surface area (Å²) in [7, 11) is 3.61. The van der Waals surface area contributed by atoms with Gasteiger partial charge in [0.1, 0.15) is 11.3 Å². The Bertz CT molecular complexity index is 843. The smallest absolute Gasteiger partial charge is 0.184 e. The first kappa shape index (κ1) is 13.9. The first-order valence-electron chi connectivity index (χ1n) is 6.96. The largest absolute Gasteiger partial charge is 0.497 e. The van der Waals surface area contributed by atoms with E-state index in [4.69, 9.17) is 17.0 Å². The van der Waals surface area contributed by atoms with E-state index in [-0.39, 0.29) is 0 Å². The number of hydrogen-bond donors (Lipinski definition) is 1. The fourth-order valence-electron chi connectivity index (χ4n) is 2.61. The van der Waals surface area contributed by atoms with Crippen LogP contribution in [0.1, 0.15) is 19.0 Å². The van der Waals surface area contributed by atoms with E-state index >= 15 is 0 Å². The Balaban J connectivity index is 2.27. The molecule has 0 bridgehead atoms. The molecule has 0 spiro atoms. The summed E-state index contributed by atoms with van der Waals surface area (Å²) in [4.78, 5) is 3.29. The number of H-pyrrole nitrogens is 1. The van der Waals surface area contributed by atoms with Gasteiger partial charge in [0.25, 0.3) is 0 Å². The summed E-state index contributed by atoms with van der Waals surface area (Å²) in [6.45, 7) is 2.15. The molecule has 2 aromatic heterocycles. The number of rotatable bonds is 4. The second kappa shape index (κ2) is 5.37. The van der Waals surface area contributed by atoms with Crippen LogP contribution in [-0.2, 0) is 13.5 Å². The molecule has 21 heavy (non-hydrogen) atoms. The van der Waals surface area contributed by atoms with Crippen LogP contribution in [0.2, 0.25) is 0 Å². The van der Waals surface area contributed by atoms with E-state index in [0.717, 1.165) is 41.1 Å². The maximum atomic E-state index is 5.50. The molecular weight excluding hydrogens is 284 g/mol. The first-order valence-corrected chi connectivity index (χ1v) is 7.37. The molecule has 110 valence electrons. The molecule has 0 fully saturated rings. The molecule has 0 radical (unpaired) electrons. The standard InChI is InChI=1S/C15H18N4OS/c1-4-6-12-13-14(18(2)17-12)19(15(21)16-13)10-7-5-8-11(9-10)20-3/h5,7-9H,4,6H2,1-3H3,(H,16,21). The van der Waals surface area contributed by atoms with Gasteiger partial charge in [-0.05, 0) is 30.8 Å². The van der Waals surface area contributed by atoms with Crippen LogP contribution in [0.3, 0.4) is 0 Å². The van der Waals surface area contributed by atoms with E-state index in [2.05, 4.69) is 17.0 Å². The molecule has 0 amide bonds. The minimum Gasteiger partial charge on any atom is -0.497 e. The molecular formula is C15H18N4OS. The van der Waals surface area contributed by atoms with Crippen molar-refractivity contribution in [3.8, 4) is 11.4 Å². The van der Waals surface area contributed by atoms with E-state index in [1.807, 2.05) is 40.6 Å². The highest BCUT2D eigenvalue weighted by molar-refractivity contribution is 7.71. The zero-order valence-electron chi connectivity index (χ0n) is 12.4. The molecule has 5 nitrogen and oxygen atoms in total. The molecule has 6 heteroatoms. The number of imidazole rings is 1. The lowest BCUT2D eigenvalue weighted by atomic mass is 10.2. The van der Waals surface area contributed by atoms with Gasteiger partial charge in [0.05, 0.1) is 18.5 Å². The number of nitrogens with one attached hydrogen (secondary N) is 1. The van der Waals surface area contributed by atoms with Crippen LogP contribution in [-0.4, -0.2) is 26.4 Å². The van der Waals surface area contributed by atoms with Crippen LogP contribution < -0.4 is 4.74 Å². The highest BCUT2D eigenvalue weighted by atomic mass is 32.1. The summed E-state index contributed by atoms with van der Waals surface area (Å²) < 4.78 is 9.85. The predicted molar refractivity (Wildman–Crippen MR) is 85.8 cm³/mol. The molecule has 0 unspecified atom stereocenters. The Morgan fingerprint density at radius 1 is 1.38 bits per heavy atom. The molecule has 3 rings (SSSR count). The highest BCUT2D eigenvalue weighted by Crippen LogP contribution is 2.24. The van der Waals surface area contributed by atoms with Gasteiger partial charge < -0.3 is 9.72 Å². The second-order valence-corrected chi connectivity index (χ2v) is 5.37. The fraction of sp³-hybridized carbons (Fsp3) is 0.333. The van der Waals surface area contributed by atoms with Crippen LogP contribution in [0.5, 0.6) is 5.75 Å². The van der Waals surface area contributed by atoms with Crippen molar-refractivity contribution < 1.29 is 4.74 Å².